The Balaban J connectivity index is 1.04. The monoisotopic (exact) mass is 682 g/mol. The standard InChI is InChI=1S/C51H42N2/c1-51(2)47-22-11-9-20-43(47)44-30-29-42(34-48(44)51)52(41-19-13-16-37(32-41)35-14-5-3-6-15-35)40-27-24-36(25-28-40)38-26-31-50-46(33-38)45-21-10-12-23-49(45)53(50)39-17-7-4-8-18-39/h3-34,43,46-47,50H,1-2H3/t43?,46?,47-,50?/m0/s1. The lowest BCUT2D eigenvalue weighted by molar-refractivity contribution is 0.394. The molecule has 0 amide bonds. The molecule has 0 aromatic heterocycles. The Labute approximate surface area is 313 Å². The summed E-state index contributed by atoms with van der Waals surface area (Å²) in [6.45, 7) is 4.83. The van der Waals surface area contributed by atoms with Crippen molar-refractivity contribution in [2.45, 2.75) is 37.1 Å². The average Bonchev–Trinajstić information content (AvgIpc) is 3.67. The van der Waals surface area contributed by atoms with E-state index in [0.29, 0.717) is 11.8 Å². The van der Waals surface area contributed by atoms with Crippen LogP contribution in [-0.2, 0) is 5.41 Å². The first-order chi connectivity index (χ1) is 26.0. The zero-order chi connectivity index (χ0) is 35.5. The fraction of sp³-hybridized carbons (Fsp3) is 0.137. The van der Waals surface area contributed by atoms with E-state index in [9.17, 15) is 0 Å². The molecule has 6 aromatic rings. The van der Waals surface area contributed by atoms with Crippen LogP contribution in [0, 0.1) is 5.92 Å². The van der Waals surface area contributed by atoms with Crippen LogP contribution >= 0.6 is 0 Å². The number of allylic oxidation sites excluding steroid dienone is 6. The number of rotatable bonds is 6. The van der Waals surface area contributed by atoms with Crippen molar-refractivity contribution in [1.29, 1.82) is 0 Å². The molecule has 0 saturated carbocycles. The molecular weight excluding hydrogens is 641 g/mol. The minimum atomic E-state index is 0.0330. The molecule has 0 bridgehead atoms. The third kappa shape index (κ3) is 5.24. The smallest absolute Gasteiger partial charge is 0.0630 e. The second-order valence-corrected chi connectivity index (χ2v) is 15.4. The van der Waals surface area contributed by atoms with Gasteiger partial charge >= 0.3 is 0 Å². The van der Waals surface area contributed by atoms with Crippen LogP contribution in [-0.4, -0.2) is 6.04 Å². The van der Waals surface area contributed by atoms with Gasteiger partial charge in [0.2, 0.25) is 0 Å². The Kier molecular flexibility index (Phi) is 7.47. The molecule has 256 valence electrons. The molecule has 0 spiro atoms. The van der Waals surface area contributed by atoms with Gasteiger partial charge in [-0.3, -0.25) is 0 Å². The first kappa shape index (κ1) is 31.6. The van der Waals surface area contributed by atoms with Crippen LogP contribution in [0.4, 0.5) is 28.4 Å². The predicted octanol–water partition coefficient (Wildman–Crippen LogP) is 13.2. The second kappa shape index (κ2) is 12.5. The molecule has 6 aromatic carbocycles. The average molecular weight is 683 g/mol. The van der Waals surface area contributed by atoms with E-state index < -0.39 is 0 Å². The zero-order valence-electron chi connectivity index (χ0n) is 30.2. The van der Waals surface area contributed by atoms with Crippen molar-refractivity contribution in [3.63, 3.8) is 0 Å². The summed E-state index contributed by atoms with van der Waals surface area (Å²) in [6, 6.07) is 56.0. The highest BCUT2D eigenvalue weighted by atomic mass is 15.2. The van der Waals surface area contributed by atoms with Gasteiger partial charge in [-0.25, -0.2) is 0 Å². The quantitative estimate of drug-likeness (QED) is 0.173. The molecule has 3 unspecified atom stereocenters. The highest BCUT2D eigenvalue weighted by Crippen LogP contribution is 2.54. The van der Waals surface area contributed by atoms with Gasteiger partial charge in [0.1, 0.15) is 0 Å². The van der Waals surface area contributed by atoms with E-state index in [1.165, 1.54) is 56.0 Å². The van der Waals surface area contributed by atoms with Gasteiger partial charge < -0.3 is 9.80 Å². The van der Waals surface area contributed by atoms with Crippen molar-refractivity contribution in [3.05, 3.63) is 216 Å². The molecule has 0 N–H and O–H groups in total. The molecule has 4 aliphatic rings. The van der Waals surface area contributed by atoms with E-state index in [1.807, 2.05) is 0 Å². The van der Waals surface area contributed by atoms with E-state index in [0.717, 1.165) is 11.4 Å². The van der Waals surface area contributed by atoms with Crippen LogP contribution < -0.4 is 9.80 Å². The number of hydrogen-bond acceptors (Lipinski definition) is 2. The van der Waals surface area contributed by atoms with Crippen molar-refractivity contribution in [1.82, 2.24) is 0 Å². The fourth-order valence-corrected chi connectivity index (χ4v) is 9.44. The van der Waals surface area contributed by atoms with Gasteiger partial charge in [0.15, 0.2) is 0 Å². The van der Waals surface area contributed by atoms with E-state index in [1.54, 1.807) is 0 Å². The summed E-state index contributed by atoms with van der Waals surface area (Å²) in [4.78, 5) is 4.93. The molecular formula is C51H42N2. The van der Waals surface area contributed by atoms with E-state index >= 15 is 0 Å². The van der Waals surface area contributed by atoms with Crippen LogP contribution in [0.3, 0.4) is 0 Å². The third-order valence-electron chi connectivity index (χ3n) is 12.1. The van der Waals surface area contributed by atoms with Gasteiger partial charge in [-0.15, -0.1) is 0 Å². The lowest BCUT2D eigenvalue weighted by Crippen LogP contribution is -2.28. The number of hydrogen-bond donors (Lipinski definition) is 0. The first-order valence-electron chi connectivity index (χ1n) is 18.9. The Hall–Kier alpha value is -6.12. The molecule has 4 atom stereocenters. The van der Waals surface area contributed by atoms with Gasteiger partial charge in [0.05, 0.1) is 6.04 Å². The fourth-order valence-electron chi connectivity index (χ4n) is 9.44. The normalized spacial score (nSPS) is 21.4. The first-order valence-corrected chi connectivity index (χ1v) is 18.9. The Morgan fingerprint density at radius 1 is 0.528 bits per heavy atom. The highest BCUT2D eigenvalue weighted by Gasteiger charge is 2.44. The molecule has 1 heterocycles. The summed E-state index contributed by atoms with van der Waals surface area (Å²) in [6.07, 6.45) is 16.4. The maximum absolute atomic E-state index is 2.49. The Morgan fingerprint density at radius 3 is 2.06 bits per heavy atom. The Bertz CT molecular complexity index is 2450. The second-order valence-electron chi connectivity index (χ2n) is 15.4. The number of anilines is 5. The maximum atomic E-state index is 2.49. The number of fused-ring (bicyclic) bond motifs is 6. The summed E-state index contributed by atoms with van der Waals surface area (Å²) < 4.78 is 0. The lowest BCUT2D eigenvalue weighted by Gasteiger charge is -2.31. The van der Waals surface area contributed by atoms with Crippen molar-refractivity contribution in [3.8, 4) is 11.1 Å². The topological polar surface area (TPSA) is 6.48 Å². The molecule has 2 heteroatoms. The number of benzene rings is 6. The third-order valence-corrected chi connectivity index (χ3v) is 12.1. The van der Waals surface area contributed by atoms with Crippen LogP contribution in [0.1, 0.15) is 47.9 Å². The van der Waals surface area contributed by atoms with Gasteiger partial charge in [0, 0.05) is 40.3 Å². The largest absolute Gasteiger partial charge is 0.333 e. The number of nitrogens with zero attached hydrogens (tertiary/aromatic N) is 2. The molecule has 2 nitrogen and oxygen atoms in total. The molecule has 0 fully saturated rings. The van der Waals surface area contributed by atoms with Gasteiger partial charge in [-0.1, -0.05) is 153 Å². The molecule has 1 aliphatic heterocycles. The molecule has 53 heavy (non-hydrogen) atoms. The van der Waals surface area contributed by atoms with Crippen molar-refractivity contribution < 1.29 is 0 Å². The van der Waals surface area contributed by atoms with Crippen LogP contribution in [0.5, 0.6) is 0 Å². The summed E-state index contributed by atoms with van der Waals surface area (Å²) in [5.41, 5.74) is 15.2. The van der Waals surface area contributed by atoms with Crippen molar-refractivity contribution >= 4 is 34.0 Å². The molecule has 10 rings (SSSR count). The molecule has 3 aliphatic carbocycles. The van der Waals surface area contributed by atoms with E-state index in [4.69, 9.17) is 0 Å². The van der Waals surface area contributed by atoms with Crippen LogP contribution in [0.2, 0.25) is 0 Å². The minimum Gasteiger partial charge on any atom is -0.333 e. The van der Waals surface area contributed by atoms with Crippen LogP contribution in [0.15, 0.2) is 194 Å². The summed E-state index contributed by atoms with van der Waals surface area (Å²) >= 11 is 0. The predicted molar refractivity (Wildman–Crippen MR) is 223 cm³/mol. The number of para-hydroxylation sites is 2. The van der Waals surface area contributed by atoms with Crippen LogP contribution in [0.25, 0.3) is 16.7 Å². The van der Waals surface area contributed by atoms with E-state index in [-0.39, 0.29) is 17.4 Å². The Morgan fingerprint density at radius 2 is 1.23 bits per heavy atom. The SMILES string of the molecule is CC1(C)c2cc(N(c3ccc(C4=CC5c6ccccc6N(c6ccccc6)C5C=C4)cc3)c3cccc(-c4ccccc4)c3)ccc2C2C=CC=C[C@@H]21. The van der Waals surface area contributed by atoms with Crippen molar-refractivity contribution in [2.75, 3.05) is 9.80 Å². The summed E-state index contributed by atoms with van der Waals surface area (Å²) in [5, 5.41) is 0. The maximum Gasteiger partial charge on any atom is 0.0630 e. The lowest BCUT2D eigenvalue weighted by atomic mass is 9.74. The zero-order valence-corrected chi connectivity index (χ0v) is 30.2. The van der Waals surface area contributed by atoms with Crippen molar-refractivity contribution in [2.24, 2.45) is 5.92 Å². The van der Waals surface area contributed by atoms with Gasteiger partial charge in [-0.05, 0) is 105 Å². The van der Waals surface area contributed by atoms with Gasteiger partial charge in [-0.2, -0.15) is 0 Å². The highest BCUT2D eigenvalue weighted by molar-refractivity contribution is 5.85. The molecule has 0 saturated heterocycles. The van der Waals surface area contributed by atoms with Gasteiger partial charge in [0.25, 0.3) is 0 Å². The molecule has 0 radical (unpaired) electrons. The summed E-state index contributed by atoms with van der Waals surface area (Å²) in [5.74, 6) is 1.18. The summed E-state index contributed by atoms with van der Waals surface area (Å²) in [7, 11) is 0. The van der Waals surface area contributed by atoms with E-state index in [2.05, 4.69) is 218 Å². The minimum absolute atomic E-state index is 0.0330.